The van der Waals surface area contributed by atoms with Crippen molar-refractivity contribution in [3.63, 3.8) is 0 Å². The van der Waals surface area contributed by atoms with Crippen molar-refractivity contribution < 1.29 is 34.5 Å². The second-order valence-electron chi connectivity index (χ2n) is 7.39. The van der Waals surface area contributed by atoms with E-state index in [0.29, 0.717) is 32.2 Å². The standard InChI is InChI=1S/C18H33N5O7/c1-10(25)14(22-15(26)11(20)5-2-3-7-19)16(27)21-12(9-24)17(28)23-8-4-6-13(23)18(29)30/h10-14,24-25H,2-9,19-20H2,1H3,(H,21,27)(H,22,26)(H,29,30). The molecule has 12 nitrogen and oxygen atoms in total. The van der Waals surface area contributed by atoms with E-state index < -0.39 is 60.6 Å². The van der Waals surface area contributed by atoms with E-state index in [9.17, 15) is 34.5 Å². The van der Waals surface area contributed by atoms with Gasteiger partial charge in [-0.25, -0.2) is 4.79 Å². The minimum atomic E-state index is -1.41. The van der Waals surface area contributed by atoms with E-state index in [2.05, 4.69) is 10.6 Å². The first-order valence-corrected chi connectivity index (χ1v) is 10.0. The van der Waals surface area contributed by atoms with Crippen molar-refractivity contribution in [3.05, 3.63) is 0 Å². The smallest absolute Gasteiger partial charge is 0.326 e. The molecule has 9 N–H and O–H groups in total. The summed E-state index contributed by atoms with van der Waals surface area (Å²) in [4.78, 5) is 49.8. The number of carbonyl (C=O) groups excluding carboxylic acids is 3. The first-order chi connectivity index (χ1) is 14.1. The van der Waals surface area contributed by atoms with Crippen LogP contribution in [-0.4, -0.2) is 93.9 Å². The van der Waals surface area contributed by atoms with Crippen LogP contribution in [0.1, 0.15) is 39.0 Å². The fourth-order valence-corrected chi connectivity index (χ4v) is 3.24. The molecule has 5 atom stereocenters. The third-order valence-corrected chi connectivity index (χ3v) is 4.99. The molecule has 3 amide bonds. The zero-order chi connectivity index (χ0) is 22.8. The zero-order valence-electron chi connectivity index (χ0n) is 17.1. The molecule has 1 heterocycles. The number of amides is 3. The van der Waals surface area contributed by atoms with Gasteiger partial charge in [-0.05, 0) is 39.2 Å². The highest BCUT2D eigenvalue weighted by Crippen LogP contribution is 2.18. The van der Waals surface area contributed by atoms with E-state index in [1.807, 2.05) is 0 Å². The number of unbranched alkanes of at least 4 members (excludes halogenated alkanes) is 1. The molecule has 0 bridgehead atoms. The quantitative estimate of drug-likeness (QED) is 0.155. The number of carboxylic acids is 1. The Labute approximate surface area is 175 Å². The van der Waals surface area contributed by atoms with E-state index in [1.165, 1.54) is 6.92 Å². The highest BCUT2D eigenvalue weighted by atomic mass is 16.4. The average molecular weight is 431 g/mol. The van der Waals surface area contributed by atoms with Gasteiger partial charge in [0, 0.05) is 6.54 Å². The molecule has 0 aromatic heterocycles. The summed E-state index contributed by atoms with van der Waals surface area (Å²) < 4.78 is 0. The average Bonchev–Trinajstić information content (AvgIpc) is 3.19. The van der Waals surface area contributed by atoms with Crippen molar-refractivity contribution in [2.45, 2.75) is 69.3 Å². The van der Waals surface area contributed by atoms with Crippen LogP contribution in [0.2, 0.25) is 0 Å². The van der Waals surface area contributed by atoms with E-state index in [0.717, 1.165) is 4.90 Å². The number of nitrogens with two attached hydrogens (primary N) is 2. The molecule has 1 fully saturated rings. The predicted octanol–water partition coefficient (Wildman–Crippen LogP) is -3.14. The number of nitrogens with zero attached hydrogens (tertiary/aromatic N) is 1. The van der Waals surface area contributed by atoms with Crippen molar-refractivity contribution in [1.29, 1.82) is 0 Å². The lowest BCUT2D eigenvalue weighted by atomic mass is 10.1. The molecular weight excluding hydrogens is 398 g/mol. The molecule has 0 saturated carbocycles. The Morgan fingerprint density at radius 1 is 1.17 bits per heavy atom. The second kappa shape index (κ2) is 12.4. The van der Waals surface area contributed by atoms with Crippen LogP contribution < -0.4 is 22.1 Å². The highest BCUT2D eigenvalue weighted by molar-refractivity contribution is 5.94. The SMILES string of the molecule is CC(O)C(NC(=O)C(N)CCCCN)C(=O)NC(CO)C(=O)N1CCCC1C(=O)O. The molecular formula is C18H33N5O7. The summed E-state index contributed by atoms with van der Waals surface area (Å²) in [6.45, 7) is 1.16. The summed E-state index contributed by atoms with van der Waals surface area (Å²) in [5.74, 6) is -3.46. The fourth-order valence-electron chi connectivity index (χ4n) is 3.24. The van der Waals surface area contributed by atoms with Gasteiger partial charge < -0.3 is 42.3 Å². The Hall–Kier alpha value is -2.28. The minimum Gasteiger partial charge on any atom is -0.480 e. The maximum absolute atomic E-state index is 12.6. The first kappa shape index (κ1) is 25.8. The third-order valence-electron chi connectivity index (χ3n) is 4.99. The first-order valence-electron chi connectivity index (χ1n) is 10.0. The predicted molar refractivity (Wildman–Crippen MR) is 106 cm³/mol. The molecule has 0 spiro atoms. The second-order valence-corrected chi connectivity index (χ2v) is 7.39. The monoisotopic (exact) mass is 431 g/mol. The van der Waals surface area contributed by atoms with Crippen LogP contribution in [0.4, 0.5) is 0 Å². The van der Waals surface area contributed by atoms with Crippen LogP contribution in [0.3, 0.4) is 0 Å². The van der Waals surface area contributed by atoms with Crippen molar-refractivity contribution in [3.8, 4) is 0 Å². The number of aliphatic carboxylic acids is 1. The number of hydrogen-bond acceptors (Lipinski definition) is 8. The Kier molecular flexibility index (Phi) is 10.7. The number of carboxylic acid groups (broad SMARTS) is 1. The number of nitrogens with one attached hydrogen (secondary N) is 2. The molecule has 5 unspecified atom stereocenters. The van der Waals surface area contributed by atoms with Crippen LogP contribution >= 0.6 is 0 Å². The number of likely N-dealkylation sites (tertiary alicyclic amines) is 1. The van der Waals surface area contributed by atoms with Gasteiger partial charge in [-0.3, -0.25) is 14.4 Å². The lowest BCUT2D eigenvalue weighted by Crippen LogP contribution is -2.60. The maximum Gasteiger partial charge on any atom is 0.326 e. The minimum absolute atomic E-state index is 0.191. The molecule has 0 aliphatic carbocycles. The van der Waals surface area contributed by atoms with E-state index in [4.69, 9.17) is 11.5 Å². The summed E-state index contributed by atoms with van der Waals surface area (Å²) in [6, 6.07) is -4.74. The lowest BCUT2D eigenvalue weighted by molar-refractivity contribution is -0.150. The Morgan fingerprint density at radius 3 is 2.37 bits per heavy atom. The fraction of sp³-hybridized carbons (Fsp3) is 0.778. The van der Waals surface area contributed by atoms with Crippen molar-refractivity contribution in [2.75, 3.05) is 19.7 Å². The normalized spacial score (nSPS) is 20.2. The van der Waals surface area contributed by atoms with Crippen molar-refractivity contribution in [1.82, 2.24) is 15.5 Å². The van der Waals surface area contributed by atoms with Gasteiger partial charge in [0.15, 0.2) is 0 Å². The number of rotatable bonds is 12. The largest absolute Gasteiger partial charge is 0.480 e. The van der Waals surface area contributed by atoms with Gasteiger partial charge in [-0.1, -0.05) is 6.42 Å². The highest BCUT2D eigenvalue weighted by Gasteiger charge is 2.38. The Bertz CT molecular complexity index is 616. The van der Waals surface area contributed by atoms with Crippen LogP contribution in [0, 0.1) is 0 Å². The van der Waals surface area contributed by atoms with Gasteiger partial charge in [-0.2, -0.15) is 0 Å². The number of aliphatic hydroxyl groups excluding tert-OH is 2. The molecule has 1 aliphatic rings. The molecule has 12 heteroatoms. The van der Waals surface area contributed by atoms with Gasteiger partial charge in [0.2, 0.25) is 17.7 Å². The molecule has 30 heavy (non-hydrogen) atoms. The topological polar surface area (TPSA) is 208 Å². The third kappa shape index (κ3) is 7.20. The maximum atomic E-state index is 12.6. The molecule has 1 rings (SSSR count). The number of carbonyl (C=O) groups is 4. The summed E-state index contributed by atoms with van der Waals surface area (Å²) >= 11 is 0. The molecule has 1 aliphatic heterocycles. The number of hydrogen-bond donors (Lipinski definition) is 7. The van der Waals surface area contributed by atoms with Gasteiger partial charge in [0.1, 0.15) is 18.1 Å². The Morgan fingerprint density at radius 2 is 1.83 bits per heavy atom. The van der Waals surface area contributed by atoms with Crippen LogP contribution in [-0.2, 0) is 19.2 Å². The zero-order valence-corrected chi connectivity index (χ0v) is 17.1. The summed E-state index contributed by atoms with van der Waals surface area (Å²) in [7, 11) is 0. The van der Waals surface area contributed by atoms with E-state index in [1.54, 1.807) is 0 Å². The lowest BCUT2D eigenvalue weighted by Gasteiger charge is -2.28. The summed E-state index contributed by atoms with van der Waals surface area (Å²) in [5, 5.41) is 33.3. The van der Waals surface area contributed by atoms with Crippen molar-refractivity contribution >= 4 is 23.7 Å². The van der Waals surface area contributed by atoms with Gasteiger partial charge in [0.25, 0.3) is 0 Å². The molecule has 172 valence electrons. The number of aliphatic hydroxyl groups is 2. The molecule has 0 radical (unpaired) electrons. The van der Waals surface area contributed by atoms with Gasteiger partial charge in [0.05, 0.1) is 18.8 Å². The van der Waals surface area contributed by atoms with Gasteiger partial charge >= 0.3 is 5.97 Å². The van der Waals surface area contributed by atoms with E-state index >= 15 is 0 Å². The summed E-state index contributed by atoms with van der Waals surface area (Å²) in [6.07, 6.45) is 1.12. The van der Waals surface area contributed by atoms with Crippen LogP contribution in [0.25, 0.3) is 0 Å². The molecule has 1 saturated heterocycles. The molecule has 0 aromatic rings. The van der Waals surface area contributed by atoms with Crippen LogP contribution in [0.5, 0.6) is 0 Å². The summed E-state index contributed by atoms with van der Waals surface area (Å²) in [5.41, 5.74) is 11.2. The van der Waals surface area contributed by atoms with Crippen LogP contribution in [0.15, 0.2) is 0 Å². The van der Waals surface area contributed by atoms with Crippen molar-refractivity contribution in [2.24, 2.45) is 11.5 Å². The van der Waals surface area contributed by atoms with E-state index in [-0.39, 0.29) is 13.0 Å². The Balaban J connectivity index is 2.77. The molecule has 0 aromatic carbocycles. The van der Waals surface area contributed by atoms with Gasteiger partial charge in [-0.15, -0.1) is 0 Å².